The van der Waals surface area contributed by atoms with Gasteiger partial charge in [-0.15, -0.1) is 0 Å². The molecule has 2 fully saturated rings. The number of aliphatic carboxylic acids is 1. The van der Waals surface area contributed by atoms with Crippen molar-refractivity contribution in [3.8, 4) is 0 Å². The van der Waals surface area contributed by atoms with Crippen LogP contribution in [-0.2, 0) is 14.8 Å². The van der Waals surface area contributed by atoms with E-state index in [0.717, 1.165) is 35.9 Å². The molecule has 3 heterocycles. The topological polar surface area (TPSA) is 151 Å². The summed E-state index contributed by atoms with van der Waals surface area (Å²) >= 11 is 1.87. The smallest absolute Gasteiger partial charge is 0.315 e. The van der Waals surface area contributed by atoms with Crippen molar-refractivity contribution in [2.75, 3.05) is 5.75 Å². The van der Waals surface area contributed by atoms with Crippen LogP contribution in [0.25, 0.3) is 21.8 Å². The van der Waals surface area contributed by atoms with Crippen molar-refractivity contribution in [3.63, 3.8) is 0 Å². The van der Waals surface area contributed by atoms with E-state index in [1.54, 1.807) is 18.2 Å². The minimum absolute atomic E-state index is 0.0640. The molecule has 2 amide bonds. The van der Waals surface area contributed by atoms with Crippen LogP contribution >= 0.6 is 11.8 Å². The van der Waals surface area contributed by atoms with E-state index in [2.05, 4.69) is 15.6 Å². The molecular weight excluding hydrogens is 476 g/mol. The average Bonchev–Trinajstić information content (AvgIpc) is 3.33. The predicted octanol–water partition coefficient (Wildman–Crippen LogP) is 2.83. The van der Waals surface area contributed by atoms with Gasteiger partial charge in [0.1, 0.15) is 0 Å². The molecule has 11 heteroatoms. The zero-order valence-electron chi connectivity index (χ0n) is 18.3. The third kappa shape index (κ3) is 5.60. The fourth-order valence-electron chi connectivity index (χ4n) is 4.28. The van der Waals surface area contributed by atoms with Crippen LogP contribution in [0, 0.1) is 0 Å². The average molecular weight is 503 g/mol. The van der Waals surface area contributed by atoms with Gasteiger partial charge in [-0.25, -0.2) is 23.3 Å². The molecule has 5 rings (SSSR count). The third-order valence-electron chi connectivity index (χ3n) is 5.89. The summed E-state index contributed by atoms with van der Waals surface area (Å²) in [5, 5.41) is 21.4. The Bertz CT molecular complexity index is 1330. The molecule has 3 atom stereocenters. The van der Waals surface area contributed by atoms with Crippen molar-refractivity contribution in [1.82, 2.24) is 15.6 Å². The summed E-state index contributed by atoms with van der Waals surface area (Å²) in [6.45, 7) is 0. The summed E-state index contributed by atoms with van der Waals surface area (Å²) in [6.07, 6.45) is 2.88. The van der Waals surface area contributed by atoms with Crippen LogP contribution < -0.4 is 15.8 Å². The lowest BCUT2D eigenvalue weighted by molar-refractivity contribution is -0.137. The van der Waals surface area contributed by atoms with E-state index in [0.29, 0.717) is 16.2 Å². The molecule has 3 aromatic rings. The van der Waals surface area contributed by atoms with Gasteiger partial charge in [0, 0.05) is 28.2 Å². The van der Waals surface area contributed by atoms with Gasteiger partial charge < -0.3 is 15.7 Å². The number of urea groups is 1. The maximum atomic E-state index is 11.5. The van der Waals surface area contributed by atoms with Crippen molar-refractivity contribution in [1.29, 1.82) is 0 Å². The zero-order valence-corrected chi connectivity index (χ0v) is 19.9. The number of nitrogens with one attached hydrogen (secondary N) is 2. The molecule has 2 aliphatic rings. The number of sulfonamides is 1. The van der Waals surface area contributed by atoms with E-state index in [1.807, 2.05) is 36.0 Å². The number of carbonyl (C=O) groups excluding carboxylic acids is 1. The second-order valence-corrected chi connectivity index (χ2v) is 11.1. The molecule has 2 aliphatic heterocycles. The highest BCUT2D eigenvalue weighted by Crippen LogP contribution is 2.33. The Hall–Kier alpha value is -2.89. The standard InChI is InChI=1S/C13H10N2O2S.C10H16N2O3S/c14-18(16,17)13-7-3-6-12-10(13)8-9-4-1-2-5-11(9)15-12;13-8(14)4-2-1-3-7-9-6(5-16-7)11-10(15)12-9/h1-8H,(H2,14,16,17);6-7,9H,1-5H2,(H,13,14)(H2,11,12,15)/t;6-,7-,9-/m.0/s1. The quantitative estimate of drug-likeness (QED) is 0.230. The van der Waals surface area contributed by atoms with Crippen LogP contribution in [0.15, 0.2) is 53.4 Å². The summed E-state index contributed by atoms with van der Waals surface area (Å²) in [6, 6.07) is 14.7. The molecule has 2 aromatic carbocycles. The second-order valence-electron chi connectivity index (χ2n) is 8.31. The minimum Gasteiger partial charge on any atom is -0.481 e. The monoisotopic (exact) mass is 502 g/mol. The molecule has 1 aromatic heterocycles. The summed E-state index contributed by atoms with van der Waals surface area (Å²) < 4.78 is 23.1. The number of hydrogen-bond acceptors (Lipinski definition) is 6. The number of nitrogens with two attached hydrogens (primary N) is 1. The first-order valence-electron chi connectivity index (χ1n) is 10.9. The highest BCUT2D eigenvalue weighted by molar-refractivity contribution is 8.00. The van der Waals surface area contributed by atoms with E-state index in [4.69, 9.17) is 10.2 Å². The lowest BCUT2D eigenvalue weighted by Crippen LogP contribution is -2.36. The van der Waals surface area contributed by atoms with Crippen LogP contribution in [0.1, 0.15) is 25.7 Å². The lowest BCUT2D eigenvalue weighted by Gasteiger charge is -2.16. The van der Waals surface area contributed by atoms with Gasteiger partial charge in [-0.3, -0.25) is 4.79 Å². The highest BCUT2D eigenvalue weighted by Gasteiger charge is 2.42. The van der Waals surface area contributed by atoms with E-state index >= 15 is 0 Å². The third-order valence-corrected chi connectivity index (χ3v) is 8.37. The first kappa shape index (κ1) is 24.2. The Kier molecular flexibility index (Phi) is 7.24. The van der Waals surface area contributed by atoms with Gasteiger partial charge in [0.2, 0.25) is 10.0 Å². The molecule has 0 aliphatic carbocycles. The normalized spacial score (nSPS) is 21.4. The fourth-order valence-corrected chi connectivity index (χ4v) is 6.57. The molecule has 2 saturated heterocycles. The molecule has 0 saturated carbocycles. The largest absolute Gasteiger partial charge is 0.481 e. The summed E-state index contributed by atoms with van der Waals surface area (Å²) in [7, 11) is -3.74. The van der Waals surface area contributed by atoms with Crippen LogP contribution in [0.5, 0.6) is 0 Å². The molecule has 180 valence electrons. The Morgan fingerprint density at radius 2 is 1.88 bits per heavy atom. The van der Waals surface area contributed by atoms with Crippen molar-refractivity contribution >= 4 is 55.6 Å². The predicted molar refractivity (Wildman–Crippen MR) is 132 cm³/mol. The SMILES string of the molecule is NS(=O)(=O)c1cccc2nc3ccccc3cc12.O=C(O)CCCC[C@@H]1SC[C@@H]2NC(=O)N[C@@H]21. The number of carboxylic acids is 1. The van der Waals surface area contributed by atoms with E-state index < -0.39 is 16.0 Å². The first-order chi connectivity index (χ1) is 16.2. The van der Waals surface area contributed by atoms with Gasteiger partial charge in [0.25, 0.3) is 0 Å². The number of primary sulfonamides is 1. The number of aromatic nitrogens is 1. The van der Waals surface area contributed by atoms with E-state index in [1.165, 1.54) is 6.07 Å². The number of rotatable bonds is 6. The van der Waals surface area contributed by atoms with Crippen molar-refractivity contribution in [2.45, 2.75) is 47.9 Å². The van der Waals surface area contributed by atoms with Crippen molar-refractivity contribution < 1.29 is 23.1 Å². The maximum Gasteiger partial charge on any atom is 0.315 e. The molecular formula is C23H26N4O5S2. The van der Waals surface area contributed by atoms with Crippen LogP contribution in [0.3, 0.4) is 0 Å². The molecule has 0 unspecified atom stereocenters. The second kappa shape index (κ2) is 10.2. The number of carbonyl (C=O) groups is 2. The van der Waals surface area contributed by atoms with Gasteiger partial charge in [0.05, 0.1) is 28.0 Å². The Labute approximate surface area is 201 Å². The van der Waals surface area contributed by atoms with Crippen molar-refractivity contribution in [2.24, 2.45) is 5.14 Å². The molecule has 9 nitrogen and oxygen atoms in total. The number of carboxylic acid groups (broad SMARTS) is 1. The molecule has 34 heavy (non-hydrogen) atoms. The van der Waals surface area contributed by atoms with E-state index in [-0.39, 0.29) is 29.4 Å². The van der Waals surface area contributed by atoms with Crippen LogP contribution in [0.4, 0.5) is 4.79 Å². The number of amides is 2. The highest BCUT2D eigenvalue weighted by atomic mass is 32.2. The number of unbranched alkanes of at least 4 members (excludes halogenated alkanes) is 1. The molecule has 0 spiro atoms. The van der Waals surface area contributed by atoms with Crippen LogP contribution in [0.2, 0.25) is 0 Å². The van der Waals surface area contributed by atoms with Gasteiger partial charge in [-0.1, -0.05) is 30.7 Å². The number of para-hydroxylation sites is 1. The molecule has 0 radical (unpaired) electrons. The molecule has 5 N–H and O–H groups in total. The zero-order chi connectivity index (χ0) is 24.3. The van der Waals surface area contributed by atoms with Gasteiger partial charge in [-0.05, 0) is 37.1 Å². The molecule has 0 bridgehead atoms. The number of nitrogens with zero attached hydrogens (tertiary/aromatic N) is 1. The van der Waals surface area contributed by atoms with Gasteiger partial charge >= 0.3 is 12.0 Å². The Morgan fingerprint density at radius 1 is 1.12 bits per heavy atom. The summed E-state index contributed by atoms with van der Waals surface area (Å²) in [5.74, 6) is 0.236. The number of thioether (sulfide) groups is 1. The number of benzene rings is 2. The summed E-state index contributed by atoms with van der Waals surface area (Å²) in [5.41, 5.74) is 1.46. The number of pyridine rings is 1. The van der Waals surface area contributed by atoms with E-state index in [9.17, 15) is 18.0 Å². The first-order valence-corrected chi connectivity index (χ1v) is 13.5. The lowest BCUT2D eigenvalue weighted by atomic mass is 10.0. The van der Waals surface area contributed by atoms with Gasteiger partial charge in [0.15, 0.2) is 0 Å². The number of hydrogen-bond donors (Lipinski definition) is 4. The summed E-state index contributed by atoms with van der Waals surface area (Å²) in [4.78, 5) is 26.0. The van der Waals surface area contributed by atoms with Gasteiger partial charge in [-0.2, -0.15) is 11.8 Å². The Balaban J connectivity index is 0.000000162. The van der Waals surface area contributed by atoms with Crippen molar-refractivity contribution in [3.05, 3.63) is 48.5 Å². The maximum absolute atomic E-state index is 11.5. The minimum atomic E-state index is -3.74. The van der Waals surface area contributed by atoms with Crippen LogP contribution in [-0.4, -0.2) is 53.6 Å². The Morgan fingerprint density at radius 3 is 2.65 bits per heavy atom. The number of fused-ring (bicyclic) bond motifs is 3. The fraction of sp³-hybridized carbons (Fsp3) is 0.348.